The van der Waals surface area contributed by atoms with Crippen molar-refractivity contribution in [1.82, 2.24) is 0 Å². The van der Waals surface area contributed by atoms with E-state index in [0.717, 1.165) is 49.7 Å². The molecule has 0 spiro atoms. The van der Waals surface area contributed by atoms with Crippen LogP contribution in [-0.4, -0.2) is 7.11 Å². The Hall–Kier alpha value is -6.06. The molecule has 8 aromatic carbocycles. The van der Waals surface area contributed by atoms with Gasteiger partial charge in [-0.3, -0.25) is 0 Å². The van der Waals surface area contributed by atoms with Crippen LogP contribution in [0.15, 0.2) is 158 Å². The van der Waals surface area contributed by atoms with Crippen molar-refractivity contribution in [3.8, 4) is 23.0 Å². The number of benzene rings is 8. The van der Waals surface area contributed by atoms with Crippen molar-refractivity contribution in [3.63, 3.8) is 0 Å². The van der Waals surface area contributed by atoms with Crippen LogP contribution in [0.2, 0.25) is 0 Å². The minimum Gasteiger partial charge on any atom is -0.497 e. The highest BCUT2D eigenvalue weighted by atomic mass is 16.5. The summed E-state index contributed by atoms with van der Waals surface area (Å²) in [5.74, 6) is 2.94. The number of ether oxygens (including phenoxy) is 3. The predicted octanol–water partition coefficient (Wildman–Crippen LogP) is 11.4. The molecule has 9 rings (SSSR count). The maximum absolute atomic E-state index is 7.40. The van der Waals surface area contributed by atoms with E-state index >= 15 is 0 Å². The molecule has 0 saturated carbocycles. The molecule has 8 aromatic rings. The first kappa shape index (κ1) is 27.3. The third-order valence-electron chi connectivity index (χ3n) is 9.43. The van der Waals surface area contributed by atoms with E-state index in [-0.39, 0.29) is 0 Å². The van der Waals surface area contributed by atoms with Crippen LogP contribution in [0.4, 0.5) is 0 Å². The lowest BCUT2D eigenvalue weighted by molar-refractivity contribution is 0.156. The Morgan fingerprint density at radius 3 is 1.85 bits per heavy atom. The molecule has 0 amide bonds. The van der Waals surface area contributed by atoms with Crippen LogP contribution in [0.3, 0.4) is 0 Å². The lowest BCUT2D eigenvalue weighted by Crippen LogP contribution is -2.34. The van der Waals surface area contributed by atoms with Crippen molar-refractivity contribution >= 4 is 49.2 Å². The van der Waals surface area contributed by atoms with Crippen molar-refractivity contribution in [2.75, 3.05) is 7.11 Å². The van der Waals surface area contributed by atoms with Gasteiger partial charge in [-0.05, 0) is 68.7 Å². The first-order valence-electron chi connectivity index (χ1n) is 15.9. The highest BCUT2D eigenvalue weighted by Gasteiger charge is 2.39. The molecule has 3 heteroatoms. The summed E-state index contributed by atoms with van der Waals surface area (Å²) >= 11 is 0. The number of methoxy groups -OCH3 is 1. The minimum atomic E-state index is -0.905. The molecule has 224 valence electrons. The zero-order chi connectivity index (χ0) is 31.4. The average molecular weight is 607 g/mol. The molecule has 0 fully saturated rings. The van der Waals surface area contributed by atoms with Crippen molar-refractivity contribution in [2.24, 2.45) is 0 Å². The van der Waals surface area contributed by atoms with Gasteiger partial charge in [0.15, 0.2) is 17.1 Å². The van der Waals surface area contributed by atoms with Crippen LogP contribution in [0.25, 0.3) is 49.2 Å². The molecule has 0 N–H and O–H groups in total. The fourth-order valence-corrected chi connectivity index (χ4v) is 7.19. The predicted molar refractivity (Wildman–Crippen MR) is 193 cm³/mol. The zero-order valence-electron chi connectivity index (χ0n) is 25.8. The van der Waals surface area contributed by atoms with E-state index in [1.165, 1.54) is 21.5 Å². The second-order valence-corrected chi connectivity index (χ2v) is 12.0. The second-order valence-electron chi connectivity index (χ2n) is 12.0. The van der Waals surface area contributed by atoms with E-state index in [0.29, 0.717) is 11.5 Å². The lowest BCUT2D eigenvalue weighted by atomic mass is 9.82. The van der Waals surface area contributed by atoms with Gasteiger partial charge < -0.3 is 14.2 Å². The molecule has 1 heterocycles. The molecule has 3 nitrogen and oxygen atoms in total. The molecule has 0 aliphatic carbocycles. The molecule has 47 heavy (non-hydrogen) atoms. The Labute approximate surface area is 272 Å². The topological polar surface area (TPSA) is 27.7 Å². The van der Waals surface area contributed by atoms with Crippen LogP contribution in [0.5, 0.6) is 23.0 Å². The molecular weight excluding hydrogens is 576 g/mol. The van der Waals surface area contributed by atoms with Gasteiger partial charge in [-0.15, -0.1) is 0 Å². The molecule has 1 aliphatic heterocycles. The highest BCUT2D eigenvalue weighted by Crippen LogP contribution is 2.52. The molecule has 0 bridgehead atoms. The molecule has 0 saturated heterocycles. The summed E-state index contributed by atoms with van der Waals surface area (Å²) in [6, 6.07) is 52.5. The van der Waals surface area contributed by atoms with Gasteiger partial charge in [0.1, 0.15) is 11.5 Å². The van der Waals surface area contributed by atoms with Crippen LogP contribution >= 0.6 is 0 Å². The summed E-state index contributed by atoms with van der Waals surface area (Å²) in [6.07, 6.45) is 4.42. The van der Waals surface area contributed by atoms with Crippen LogP contribution < -0.4 is 14.2 Å². The van der Waals surface area contributed by atoms with Gasteiger partial charge in [0.25, 0.3) is 0 Å². The normalized spacial score (nSPS) is 15.5. The molecular formula is C44H30O3. The number of fused-ring (bicyclic) bond motifs is 9. The van der Waals surface area contributed by atoms with E-state index in [1.807, 2.05) is 36.4 Å². The Morgan fingerprint density at radius 2 is 1.11 bits per heavy atom. The lowest BCUT2D eigenvalue weighted by Gasteiger charge is -2.37. The molecule has 0 radical (unpaired) electrons. The summed E-state index contributed by atoms with van der Waals surface area (Å²) in [4.78, 5) is 0. The van der Waals surface area contributed by atoms with Gasteiger partial charge in [-0.2, -0.15) is 0 Å². The zero-order valence-corrected chi connectivity index (χ0v) is 25.8. The highest BCUT2D eigenvalue weighted by molar-refractivity contribution is 6.27. The fourth-order valence-electron chi connectivity index (χ4n) is 7.19. The van der Waals surface area contributed by atoms with Crippen LogP contribution in [0, 0.1) is 0 Å². The van der Waals surface area contributed by atoms with Crippen molar-refractivity contribution < 1.29 is 14.2 Å². The third-order valence-corrected chi connectivity index (χ3v) is 9.43. The fraction of sp³-hybridized carbons (Fsp3) is 0.0455. The molecule has 1 aliphatic rings. The van der Waals surface area contributed by atoms with E-state index in [2.05, 4.69) is 127 Å². The number of hydrogen-bond acceptors (Lipinski definition) is 3. The van der Waals surface area contributed by atoms with Crippen molar-refractivity contribution in [1.29, 1.82) is 0 Å². The molecule has 0 aromatic heterocycles. The van der Waals surface area contributed by atoms with Gasteiger partial charge in [0.2, 0.25) is 0 Å². The maximum Gasteiger partial charge on any atom is 0.178 e. The number of hydrogen-bond donors (Lipinski definition) is 0. The van der Waals surface area contributed by atoms with Gasteiger partial charge in [0, 0.05) is 27.5 Å². The second kappa shape index (κ2) is 10.8. The molecule has 1 unspecified atom stereocenters. The van der Waals surface area contributed by atoms with Gasteiger partial charge in [-0.25, -0.2) is 0 Å². The Bertz CT molecular complexity index is 2490. The first-order valence-corrected chi connectivity index (χ1v) is 15.9. The van der Waals surface area contributed by atoms with E-state index < -0.39 is 5.60 Å². The SMILES string of the molecule is COc1ccc(C2(c3ccccc3)C=Cc3c(c(Oc4cccc5ccccc45)cc4c5ccccc5c5ccccc5c34)O2)cc1. The Kier molecular flexibility index (Phi) is 6.26. The van der Waals surface area contributed by atoms with Gasteiger partial charge in [-0.1, -0.05) is 127 Å². The standard InChI is InChI=1S/C44H30O3/c1-45-32-24-22-31(23-25-32)44(30-14-3-2-4-15-30)27-26-38-42-37-20-10-9-18-35(37)34-17-7-8-19-36(34)39(42)28-41(43(38)47-44)46-40-21-11-13-29-12-5-6-16-33(29)40/h2-28H,1H3. The van der Waals surface area contributed by atoms with Crippen molar-refractivity contribution in [2.45, 2.75) is 5.60 Å². The maximum atomic E-state index is 7.40. The van der Waals surface area contributed by atoms with Gasteiger partial charge in [0.05, 0.1) is 7.11 Å². The van der Waals surface area contributed by atoms with Crippen molar-refractivity contribution in [3.05, 3.63) is 174 Å². The smallest absolute Gasteiger partial charge is 0.178 e. The van der Waals surface area contributed by atoms with Gasteiger partial charge >= 0.3 is 0 Å². The van der Waals surface area contributed by atoms with E-state index in [9.17, 15) is 0 Å². The van der Waals surface area contributed by atoms with Crippen LogP contribution in [0.1, 0.15) is 16.7 Å². The minimum absolute atomic E-state index is 0.669. The molecule has 1 atom stereocenters. The Balaban J connectivity index is 1.37. The first-order chi connectivity index (χ1) is 23.2. The summed E-state index contributed by atoms with van der Waals surface area (Å²) in [7, 11) is 1.69. The quantitative estimate of drug-likeness (QED) is 0.182. The van der Waals surface area contributed by atoms with Crippen LogP contribution in [-0.2, 0) is 5.60 Å². The summed E-state index contributed by atoms with van der Waals surface area (Å²) in [6.45, 7) is 0. The van der Waals surface area contributed by atoms with E-state index in [1.54, 1.807) is 7.11 Å². The summed E-state index contributed by atoms with van der Waals surface area (Å²) in [5.41, 5.74) is 2.11. The third kappa shape index (κ3) is 4.28. The average Bonchev–Trinajstić information content (AvgIpc) is 3.15. The summed E-state index contributed by atoms with van der Waals surface area (Å²) < 4.78 is 19.9. The largest absolute Gasteiger partial charge is 0.497 e. The number of rotatable bonds is 5. The Morgan fingerprint density at radius 1 is 0.511 bits per heavy atom. The summed E-state index contributed by atoms with van der Waals surface area (Å²) in [5, 5.41) is 9.21. The van der Waals surface area contributed by atoms with E-state index in [4.69, 9.17) is 14.2 Å². The monoisotopic (exact) mass is 606 g/mol.